The first kappa shape index (κ1) is 18.0. The average molecular weight is 390 g/mol. The van der Waals surface area contributed by atoms with Gasteiger partial charge in [0.05, 0.1) is 0 Å². The Morgan fingerprint density at radius 1 is 0.966 bits per heavy atom. The Balaban J connectivity index is 1.60. The van der Waals surface area contributed by atoms with Crippen LogP contribution in [0, 0.1) is 17.6 Å². The van der Waals surface area contributed by atoms with Crippen molar-refractivity contribution in [2.75, 3.05) is 0 Å². The van der Waals surface area contributed by atoms with E-state index in [-0.39, 0.29) is 23.3 Å². The third-order valence-electron chi connectivity index (χ3n) is 6.30. The smallest absolute Gasteiger partial charge is 0.186 e. The second-order valence-corrected chi connectivity index (χ2v) is 7.95. The summed E-state index contributed by atoms with van der Waals surface area (Å²) >= 11 is 0. The van der Waals surface area contributed by atoms with Gasteiger partial charge in [0, 0.05) is 29.0 Å². The molecule has 0 spiro atoms. The van der Waals surface area contributed by atoms with E-state index in [4.69, 9.17) is 0 Å². The van der Waals surface area contributed by atoms with E-state index < -0.39 is 5.41 Å². The van der Waals surface area contributed by atoms with Crippen LogP contribution in [0.1, 0.15) is 52.1 Å². The number of allylic oxidation sites excluding steroid dienone is 1. The molecule has 0 bridgehead atoms. The highest BCUT2D eigenvalue weighted by Gasteiger charge is 2.38. The molecule has 2 aliphatic carbocycles. The topological polar surface area (TPSA) is 45.8 Å². The van der Waals surface area contributed by atoms with Crippen LogP contribution in [0.15, 0.2) is 54.6 Å². The predicted molar refractivity (Wildman–Crippen MR) is 107 cm³/mol. The van der Waals surface area contributed by atoms with E-state index in [1.807, 2.05) is 12.2 Å². The molecule has 0 radical (unpaired) electrons. The number of nitrogens with zero attached hydrogens (tertiary/aromatic N) is 1. The summed E-state index contributed by atoms with van der Waals surface area (Å²) in [5, 5.41) is 7.39. The number of aromatic amines is 1. The zero-order valence-electron chi connectivity index (χ0n) is 15.8. The number of ketones is 1. The van der Waals surface area contributed by atoms with Crippen LogP contribution in [0.25, 0.3) is 6.08 Å². The maximum atomic E-state index is 13.6. The first-order valence-corrected chi connectivity index (χ1v) is 9.89. The molecule has 1 saturated carbocycles. The van der Waals surface area contributed by atoms with Gasteiger partial charge in [-0.05, 0) is 48.2 Å². The Morgan fingerprint density at radius 3 is 2.07 bits per heavy atom. The minimum absolute atomic E-state index is 0.0803. The number of Topliss-reactive ketones (excluding diaryl/α,β-unsaturated/α-hetero) is 1. The molecule has 1 heterocycles. The summed E-state index contributed by atoms with van der Waals surface area (Å²) in [5.41, 5.74) is 3.40. The number of fused-ring (bicyclic) bond motifs is 1. The highest BCUT2D eigenvalue weighted by Crippen LogP contribution is 2.42. The van der Waals surface area contributed by atoms with Crippen LogP contribution in [0.3, 0.4) is 0 Å². The molecular formula is C24H20F2N2O. The average Bonchev–Trinajstić information content (AvgIpc) is 3.10. The summed E-state index contributed by atoms with van der Waals surface area (Å²) in [6, 6.07) is 12.8. The van der Waals surface area contributed by atoms with Crippen molar-refractivity contribution in [1.29, 1.82) is 0 Å². The van der Waals surface area contributed by atoms with Gasteiger partial charge in [0.25, 0.3) is 0 Å². The molecular weight excluding hydrogens is 370 g/mol. The van der Waals surface area contributed by atoms with E-state index in [2.05, 4.69) is 10.2 Å². The fourth-order valence-corrected chi connectivity index (χ4v) is 4.37. The number of hydrogen-bond donors (Lipinski definition) is 1. The van der Waals surface area contributed by atoms with Gasteiger partial charge in [0.15, 0.2) is 5.78 Å². The molecule has 146 valence electrons. The van der Waals surface area contributed by atoms with E-state index in [0.29, 0.717) is 12.1 Å². The highest BCUT2D eigenvalue weighted by molar-refractivity contribution is 6.00. The second kappa shape index (κ2) is 6.76. The molecule has 2 aliphatic rings. The van der Waals surface area contributed by atoms with Gasteiger partial charge in [0.1, 0.15) is 17.3 Å². The monoisotopic (exact) mass is 390 g/mol. The molecule has 5 rings (SSSR count). The molecule has 2 aromatic carbocycles. The third kappa shape index (κ3) is 2.92. The number of aromatic nitrogens is 2. The standard InChI is InChI=1S/C24H20F2N2O/c25-18-8-4-16(5-9-18)24(17-6-10-19(26)11-7-17)13-12-20-21(14-24)27-28-22(20)23(29)15-2-1-3-15/h4-13,15H,1-3,14H2,(H,27,28). The van der Waals surface area contributed by atoms with Crippen LogP contribution in [-0.2, 0) is 11.8 Å². The minimum atomic E-state index is -0.599. The molecule has 1 N–H and O–H groups in total. The number of halogens is 2. The van der Waals surface area contributed by atoms with Crippen molar-refractivity contribution in [1.82, 2.24) is 10.2 Å². The molecule has 0 saturated heterocycles. The summed E-state index contributed by atoms with van der Waals surface area (Å²) in [5.74, 6) is -0.428. The van der Waals surface area contributed by atoms with Gasteiger partial charge in [-0.2, -0.15) is 5.10 Å². The lowest BCUT2D eigenvalue weighted by Crippen LogP contribution is -2.31. The van der Waals surface area contributed by atoms with Crippen molar-refractivity contribution >= 4 is 11.9 Å². The number of rotatable bonds is 4. The first-order chi connectivity index (χ1) is 14.1. The van der Waals surface area contributed by atoms with E-state index in [0.717, 1.165) is 41.6 Å². The first-order valence-electron chi connectivity index (χ1n) is 9.89. The molecule has 0 amide bonds. The Labute approximate surface area is 167 Å². The fourth-order valence-electron chi connectivity index (χ4n) is 4.37. The van der Waals surface area contributed by atoms with E-state index in [9.17, 15) is 13.6 Å². The van der Waals surface area contributed by atoms with Crippen molar-refractivity contribution in [3.8, 4) is 0 Å². The maximum absolute atomic E-state index is 13.6. The minimum Gasteiger partial charge on any atom is -0.292 e. The van der Waals surface area contributed by atoms with Crippen molar-refractivity contribution < 1.29 is 13.6 Å². The number of hydrogen-bond acceptors (Lipinski definition) is 2. The quantitative estimate of drug-likeness (QED) is 0.621. The second-order valence-electron chi connectivity index (χ2n) is 7.95. The van der Waals surface area contributed by atoms with Crippen molar-refractivity contribution in [2.45, 2.75) is 31.1 Å². The van der Waals surface area contributed by atoms with Gasteiger partial charge in [0.2, 0.25) is 0 Å². The molecule has 5 heteroatoms. The number of H-pyrrole nitrogens is 1. The van der Waals surface area contributed by atoms with Gasteiger partial charge in [-0.15, -0.1) is 0 Å². The zero-order valence-corrected chi connectivity index (χ0v) is 15.8. The largest absolute Gasteiger partial charge is 0.292 e. The Hall–Kier alpha value is -3.08. The summed E-state index contributed by atoms with van der Waals surface area (Å²) in [7, 11) is 0. The lowest BCUT2D eigenvalue weighted by molar-refractivity contribution is 0.0849. The van der Waals surface area contributed by atoms with E-state index in [1.54, 1.807) is 24.3 Å². The molecule has 0 unspecified atom stereocenters. The van der Waals surface area contributed by atoms with Gasteiger partial charge < -0.3 is 0 Å². The van der Waals surface area contributed by atoms with Gasteiger partial charge in [-0.3, -0.25) is 9.89 Å². The number of carbonyl (C=O) groups excluding carboxylic acids is 1. The fraction of sp³-hybridized carbons (Fsp3) is 0.250. The molecule has 0 atom stereocenters. The molecule has 29 heavy (non-hydrogen) atoms. The van der Waals surface area contributed by atoms with Crippen molar-refractivity contribution in [3.63, 3.8) is 0 Å². The van der Waals surface area contributed by atoms with Crippen LogP contribution >= 0.6 is 0 Å². The van der Waals surface area contributed by atoms with Gasteiger partial charge in [-0.1, -0.05) is 42.8 Å². The van der Waals surface area contributed by atoms with Crippen LogP contribution in [0.4, 0.5) is 8.78 Å². The van der Waals surface area contributed by atoms with Crippen LogP contribution in [0.5, 0.6) is 0 Å². The lowest BCUT2D eigenvalue weighted by atomic mass is 9.68. The molecule has 1 fully saturated rings. The Bertz CT molecular complexity index is 1050. The summed E-state index contributed by atoms with van der Waals surface area (Å²) in [6.45, 7) is 0. The van der Waals surface area contributed by atoms with Crippen molar-refractivity contribution in [3.05, 3.63) is 94.3 Å². The lowest BCUT2D eigenvalue weighted by Gasteiger charge is -2.34. The number of nitrogens with one attached hydrogen (secondary N) is 1. The molecule has 1 aromatic heterocycles. The Morgan fingerprint density at radius 2 is 1.55 bits per heavy atom. The molecule has 0 aliphatic heterocycles. The maximum Gasteiger partial charge on any atom is 0.186 e. The summed E-state index contributed by atoms with van der Waals surface area (Å²) in [6.07, 6.45) is 7.44. The summed E-state index contributed by atoms with van der Waals surface area (Å²) < 4.78 is 27.1. The predicted octanol–water partition coefficient (Wildman–Crippen LogP) is 5.23. The van der Waals surface area contributed by atoms with Crippen LogP contribution < -0.4 is 0 Å². The van der Waals surface area contributed by atoms with Crippen molar-refractivity contribution in [2.24, 2.45) is 5.92 Å². The number of benzene rings is 2. The molecule has 3 nitrogen and oxygen atoms in total. The van der Waals surface area contributed by atoms with E-state index in [1.165, 1.54) is 24.3 Å². The van der Waals surface area contributed by atoms with Crippen LogP contribution in [-0.4, -0.2) is 16.0 Å². The molecule has 3 aromatic rings. The zero-order chi connectivity index (χ0) is 20.0. The van der Waals surface area contributed by atoms with Gasteiger partial charge >= 0.3 is 0 Å². The third-order valence-corrected chi connectivity index (χ3v) is 6.30. The summed E-state index contributed by atoms with van der Waals surface area (Å²) in [4.78, 5) is 12.7. The SMILES string of the molecule is O=C(c1n[nH]c2c1C=CC(c1ccc(F)cc1)(c1ccc(F)cc1)C2)C1CCC1. The van der Waals surface area contributed by atoms with E-state index >= 15 is 0 Å². The number of carbonyl (C=O) groups is 1. The Kier molecular flexibility index (Phi) is 4.19. The highest BCUT2D eigenvalue weighted by atomic mass is 19.1. The van der Waals surface area contributed by atoms with Gasteiger partial charge in [-0.25, -0.2) is 8.78 Å². The normalized spacial score (nSPS) is 17.6. The van der Waals surface area contributed by atoms with Crippen LogP contribution in [0.2, 0.25) is 0 Å².